The van der Waals surface area contributed by atoms with Crippen LogP contribution in [0, 0.1) is 17.8 Å². The summed E-state index contributed by atoms with van der Waals surface area (Å²) in [5.74, 6) is 2.32. The Balaban J connectivity index is 1.23. The van der Waals surface area contributed by atoms with Gasteiger partial charge in [-0.3, -0.25) is 9.78 Å². The number of carbonyl (C=O) groups excluding carboxylic acids is 1. The van der Waals surface area contributed by atoms with Crippen LogP contribution in [-0.4, -0.2) is 53.4 Å². The Labute approximate surface area is 151 Å². The second-order valence-electron chi connectivity index (χ2n) is 8.37. The van der Waals surface area contributed by atoms with Crippen LogP contribution in [0.5, 0.6) is 0 Å². The molecule has 4 nitrogen and oxygen atoms in total. The molecule has 0 spiro atoms. The van der Waals surface area contributed by atoms with Gasteiger partial charge < -0.3 is 9.80 Å². The molecular formula is C21H31N3O. The number of nitrogens with zero attached hydrogens (tertiary/aromatic N) is 3. The van der Waals surface area contributed by atoms with E-state index in [1.54, 1.807) is 0 Å². The molecule has 2 saturated carbocycles. The Kier molecular flexibility index (Phi) is 5.07. The van der Waals surface area contributed by atoms with Crippen LogP contribution in [0.2, 0.25) is 0 Å². The lowest BCUT2D eigenvalue weighted by molar-refractivity contribution is -0.138. The van der Waals surface area contributed by atoms with Crippen LogP contribution in [0.4, 0.5) is 0 Å². The Morgan fingerprint density at radius 3 is 2.68 bits per heavy atom. The summed E-state index contributed by atoms with van der Waals surface area (Å²) in [4.78, 5) is 22.0. The quantitative estimate of drug-likeness (QED) is 0.826. The molecule has 2 heterocycles. The van der Waals surface area contributed by atoms with Crippen molar-refractivity contribution in [2.45, 2.75) is 51.0 Å². The molecule has 136 valence electrons. The summed E-state index contributed by atoms with van der Waals surface area (Å²) in [7, 11) is 2.06. The van der Waals surface area contributed by atoms with Crippen molar-refractivity contribution >= 4 is 5.91 Å². The van der Waals surface area contributed by atoms with E-state index in [9.17, 15) is 4.79 Å². The topological polar surface area (TPSA) is 36.4 Å². The van der Waals surface area contributed by atoms with Gasteiger partial charge in [0, 0.05) is 57.0 Å². The monoisotopic (exact) mass is 341 g/mol. The molecule has 3 aliphatic rings. The van der Waals surface area contributed by atoms with Crippen LogP contribution in [0.1, 0.15) is 44.2 Å². The van der Waals surface area contributed by atoms with Gasteiger partial charge in [0.25, 0.3) is 0 Å². The van der Waals surface area contributed by atoms with Gasteiger partial charge in [0.2, 0.25) is 5.91 Å². The van der Waals surface area contributed by atoms with Crippen molar-refractivity contribution in [2.75, 3.05) is 26.7 Å². The fourth-order valence-corrected chi connectivity index (χ4v) is 5.34. The van der Waals surface area contributed by atoms with Crippen molar-refractivity contribution in [3.63, 3.8) is 0 Å². The first-order valence-electron chi connectivity index (χ1n) is 10.1. The van der Waals surface area contributed by atoms with E-state index < -0.39 is 0 Å². The van der Waals surface area contributed by atoms with Crippen molar-refractivity contribution in [3.8, 4) is 0 Å². The average molecular weight is 341 g/mol. The molecule has 1 aromatic heterocycles. The zero-order chi connectivity index (χ0) is 17.2. The minimum atomic E-state index is 0.339. The number of hydrogen-bond donors (Lipinski definition) is 0. The molecule has 1 saturated heterocycles. The van der Waals surface area contributed by atoms with Crippen molar-refractivity contribution in [1.82, 2.24) is 14.8 Å². The fraction of sp³-hybridized carbons (Fsp3) is 0.714. The molecule has 4 rings (SSSR count). The predicted molar refractivity (Wildman–Crippen MR) is 99.1 cm³/mol. The molecule has 3 fully saturated rings. The van der Waals surface area contributed by atoms with Crippen LogP contribution >= 0.6 is 0 Å². The van der Waals surface area contributed by atoms with Crippen molar-refractivity contribution in [2.24, 2.45) is 17.8 Å². The number of hydrogen-bond acceptors (Lipinski definition) is 3. The van der Waals surface area contributed by atoms with E-state index in [1.165, 1.54) is 25.0 Å². The number of aromatic nitrogens is 1. The highest BCUT2D eigenvalue weighted by Crippen LogP contribution is 2.49. The number of rotatable bonds is 5. The first-order valence-corrected chi connectivity index (χ1v) is 10.1. The maximum Gasteiger partial charge on any atom is 0.225 e. The second kappa shape index (κ2) is 7.45. The molecule has 1 aliphatic heterocycles. The first-order chi connectivity index (χ1) is 12.2. The number of piperidine rings is 1. The smallest absolute Gasteiger partial charge is 0.225 e. The highest BCUT2D eigenvalue weighted by molar-refractivity contribution is 5.79. The Morgan fingerprint density at radius 2 is 2.04 bits per heavy atom. The molecule has 0 N–H and O–H groups in total. The number of pyridine rings is 1. The Bertz CT molecular complexity index is 582. The molecule has 0 aromatic carbocycles. The van der Waals surface area contributed by atoms with Crippen LogP contribution < -0.4 is 0 Å². The number of likely N-dealkylation sites (tertiary alicyclic amines) is 1. The molecule has 1 amide bonds. The summed E-state index contributed by atoms with van der Waals surface area (Å²) in [6.45, 7) is 3.28. The lowest BCUT2D eigenvalue weighted by Gasteiger charge is -2.38. The third kappa shape index (κ3) is 3.74. The summed E-state index contributed by atoms with van der Waals surface area (Å²) in [5, 5.41) is 0. The summed E-state index contributed by atoms with van der Waals surface area (Å²) in [6.07, 6.45) is 10.3. The van der Waals surface area contributed by atoms with Gasteiger partial charge >= 0.3 is 0 Å². The van der Waals surface area contributed by atoms with Crippen molar-refractivity contribution in [3.05, 3.63) is 30.1 Å². The number of carbonyl (C=O) groups is 1. The lowest BCUT2D eigenvalue weighted by atomic mass is 9.87. The zero-order valence-corrected chi connectivity index (χ0v) is 15.4. The van der Waals surface area contributed by atoms with Crippen LogP contribution in [0.15, 0.2) is 24.4 Å². The van der Waals surface area contributed by atoms with Gasteiger partial charge in [0.05, 0.1) is 0 Å². The van der Waals surface area contributed by atoms with Crippen LogP contribution in [0.25, 0.3) is 0 Å². The maximum absolute atomic E-state index is 12.9. The van der Waals surface area contributed by atoms with E-state index in [1.807, 2.05) is 12.3 Å². The Hall–Kier alpha value is -1.42. The standard InChI is InChI=1S/C21H31N3O/c1-23(21(25)20-15-16-5-6-17(20)14-16)19-8-12-24(13-9-19)11-7-18-4-2-3-10-22-18/h2-4,10,16-17,19-20H,5-9,11-15H2,1H3. The van der Waals surface area contributed by atoms with E-state index in [0.29, 0.717) is 23.8 Å². The lowest BCUT2D eigenvalue weighted by Crippen LogP contribution is -2.48. The minimum absolute atomic E-state index is 0.339. The maximum atomic E-state index is 12.9. The SMILES string of the molecule is CN(C(=O)C1CC2CCC1C2)C1CCN(CCc2ccccn2)CC1. The zero-order valence-electron chi connectivity index (χ0n) is 15.4. The van der Waals surface area contributed by atoms with Gasteiger partial charge in [-0.15, -0.1) is 0 Å². The van der Waals surface area contributed by atoms with E-state index in [4.69, 9.17) is 0 Å². The van der Waals surface area contributed by atoms with Gasteiger partial charge in [-0.1, -0.05) is 12.5 Å². The molecule has 2 bridgehead atoms. The summed E-state index contributed by atoms with van der Waals surface area (Å²) < 4.78 is 0. The van der Waals surface area contributed by atoms with Gasteiger partial charge in [-0.25, -0.2) is 0 Å². The van der Waals surface area contributed by atoms with E-state index in [-0.39, 0.29) is 0 Å². The molecule has 1 aromatic rings. The first kappa shape index (κ1) is 17.0. The summed E-state index contributed by atoms with van der Waals surface area (Å²) >= 11 is 0. The molecule has 2 aliphatic carbocycles. The highest BCUT2D eigenvalue weighted by Gasteiger charge is 2.44. The second-order valence-corrected chi connectivity index (χ2v) is 8.37. The molecule has 3 atom stereocenters. The summed E-state index contributed by atoms with van der Waals surface area (Å²) in [5.41, 5.74) is 1.17. The molecular weight excluding hydrogens is 310 g/mol. The van der Waals surface area contributed by atoms with E-state index in [2.05, 4.69) is 34.0 Å². The number of amides is 1. The summed E-state index contributed by atoms with van der Waals surface area (Å²) in [6, 6.07) is 6.58. The normalized spacial score (nSPS) is 29.9. The van der Waals surface area contributed by atoms with Gasteiger partial charge in [-0.05, 0) is 56.1 Å². The van der Waals surface area contributed by atoms with Crippen LogP contribution in [0.3, 0.4) is 0 Å². The third-order valence-electron chi connectivity index (χ3n) is 6.92. The van der Waals surface area contributed by atoms with Gasteiger partial charge in [0.15, 0.2) is 0 Å². The van der Waals surface area contributed by atoms with Crippen molar-refractivity contribution in [1.29, 1.82) is 0 Å². The minimum Gasteiger partial charge on any atom is -0.342 e. The highest BCUT2D eigenvalue weighted by atomic mass is 16.2. The van der Waals surface area contributed by atoms with E-state index in [0.717, 1.165) is 51.2 Å². The van der Waals surface area contributed by atoms with E-state index >= 15 is 0 Å². The molecule has 3 unspecified atom stereocenters. The predicted octanol–water partition coefficient (Wildman–Crippen LogP) is 2.98. The average Bonchev–Trinajstić information content (AvgIpc) is 3.30. The molecule has 4 heteroatoms. The molecule has 0 radical (unpaired) electrons. The van der Waals surface area contributed by atoms with Crippen molar-refractivity contribution < 1.29 is 4.79 Å². The fourth-order valence-electron chi connectivity index (χ4n) is 5.34. The third-order valence-corrected chi connectivity index (χ3v) is 6.92. The molecule has 25 heavy (non-hydrogen) atoms. The Morgan fingerprint density at radius 1 is 1.20 bits per heavy atom. The van der Waals surface area contributed by atoms with Crippen LogP contribution in [-0.2, 0) is 11.2 Å². The largest absolute Gasteiger partial charge is 0.342 e. The van der Waals surface area contributed by atoms with Gasteiger partial charge in [-0.2, -0.15) is 0 Å². The number of fused-ring (bicyclic) bond motifs is 2. The van der Waals surface area contributed by atoms with Gasteiger partial charge in [0.1, 0.15) is 0 Å².